The first-order valence-electron chi connectivity index (χ1n) is 5.12. The number of rotatable bonds is 3. The van der Waals surface area contributed by atoms with Crippen molar-refractivity contribution in [3.63, 3.8) is 0 Å². The van der Waals surface area contributed by atoms with Gasteiger partial charge in [0.15, 0.2) is 0 Å². The maximum atomic E-state index is 12.8. The van der Waals surface area contributed by atoms with Gasteiger partial charge in [0.1, 0.15) is 0 Å². The minimum Gasteiger partial charge on any atom is -0.327 e. The molecule has 1 aliphatic carbocycles. The van der Waals surface area contributed by atoms with Crippen molar-refractivity contribution in [3.8, 4) is 12.3 Å². The minimum absolute atomic E-state index is 0.00199. The fourth-order valence-electron chi connectivity index (χ4n) is 1.98. The van der Waals surface area contributed by atoms with E-state index in [1.54, 1.807) is 0 Å². The second-order valence-electron chi connectivity index (χ2n) is 4.10. The van der Waals surface area contributed by atoms with Crippen molar-refractivity contribution < 1.29 is 8.78 Å². The molecule has 1 rings (SSSR count). The van der Waals surface area contributed by atoms with Gasteiger partial charge in [-0.05, 0) is 25.2 Å². The molecular formula is C11H17F2N. The molecule has 0 aromatic rings. The number of terminal acetylenes is 1. The molecule has 1 fully saturated rings. The zero-order valence-electron chi connectivity index (χ0n) is 8.31. The van der Waals surface area contributed by atoms with Crippen LogP contribution in [0, 0.1) is 18.3 Å². The van der Waals surface area contributed by atoms with Gasteiger partial charge in [-0.2, -0.15) is 0 Å². The van der Waals surface area contributed by atoms with Crippen molar-refractivity contribution in [2.45, 2.75) is 50.5 Å². The summed E-state index contributed by atoms with van der Waals surface area (Å²) in [4.78, 5) is 0. The maximum absolute atomic E-state index is 12.8. The van der Waals surface area contributed by atoms with Gasteiger partial charge in [-0.1, -0.05) is 0 Å². The van der Waals surface area contributed by atoms with E-state index < -0.39 is 5.92 Å². The Balaban J connectivity index is 2.31. The van der Waals surface area contributed by atoms with Crippen molar-refractivity contribution in [2.24, 2.45) is 11.7 Å². The molecule has 0 bridgehead atoms. The molecular weight excluding hydrogens is 184 g/mol. The average Bonchev–Trinajstić information content (AvgIpc) is 2.14. The van der Waals surface area contributed by atoms with Crippen molar-refractivity contribution in [1.82, 2.24) is 0 Å². The van der Waals surface area contributed by atoms with Crippen LogP contribution in [0.25, 0.3) is 0 Å². The highest BCUT2D eigenvalue weighted by Crippen LogP contribution is 2.37. The van der Waals surface area contributed by atoms with E-state index in [0.717, 1.165) is 6.42 Å². The van der Waals surface area contributed by atoms with E-state index in [4.69, 9.17) is 12.2 Å². The predicted octanol–water partition coefficient (Wildman–Crippen LogP) is 2.55. The van der Waals surface area contributed by atoms with Gasteiger partial charge in [-0.25, -0.2) is 8.78 Å². The number of hydrogen-bond acceptors (Lipinski definition) is 1. The van der Waals surface area contributed by atoms with Crippen molar-refractivity contribution in [2.75, 3.05) is 0 Å². The van der Waals surface area contributed by atoms with Crippen LogP contribution >= 0.6 is 0 Å². The third kappa shape index (κ3) is 3.26. The molecule has 3 heteroatoms. The van der Waals surface area contributed by atoms with Crippen LogP contribution in [-0.4, -0.2) is 12.0 Å². The summed E-state index contributed by atoms with van der Waals surface area (Å²) in [5.41, 5.74) is 5.88. The summed E-state index contributed by atoms with van der Waals surface area (Å²) in [7, 11) is 0. The monoisotopic (exact) mass is 201 g/mol. The Morgan fingerprint density at radius 2 is 2.00 bits per heavy atom. The van der Waals surface area contributed by atoms with Gasteiger partial charge in [0, 0.05) is 25.3 Å². The zero-order chi connectivity index (χ0) is 10.6. The lowest BCUT2D eigenvalue weighted by Crippen LogP contribution is -2.36. The fourth-order valence-corrected chi connectivity index (χ4v) is 1.98. The van der Waals surface area contributed by atoms with Gasteiger partial charge >= 0.3 is 0 Å². The Morgan fingerprint density at radius 1 is 1.43 bits per heavy atom. The third-order valence-corrected chi connectivity index (χ3v) is 2.99. The summed E-state index contributed by atoms with van der Waals surface area (Å²) in [6, 6.07) is 0.00199. The van der Waals surface area contributed by atoms with Crippen LogP contribution in [0.15, 0.2) is 0 Å². The van der Waals surface area contributed by atoms with Crippen LogP contribution in [-0.2, 0) is 0 Å². The summed E-state index contributed by atoms with van der Waals surface area (Å²) in [5, 5.41) is 0. The molecule has 0 radical (unpaired) electrons. The van der Waals surface area contributed by atoms with Crippen molar-refractivity contribution in [1.29, 1.82) is 0 Å². The maximum Gasteiger partial charge on any atom is 0.248 e. The Labute approximate surface area is 84.1 Å². The zero-order valence-corrected chi connectivity index (χ0v) is 8.31. The van der Waals surface area contributed by atoms with Gasteiger partial charge in [0.05, 0.1) is 0 Å². The van der Waals surface area contributed by atoms with Crippen LogP contribution in [0.5, 0.6) is 0 Å². The van der Waals surface area contributed by atoms with Crippen LogP contribution < -0.4 is 5.73 Å². The van der Waals surface area contributed by atoms with Crippen LogP contribution in [0.4, 0.5) is 8.78 Å². The minimum atomic E-state index is -2.46. The van der Waals surface area contributed by atoms with E-state index in [2.05, 4.69) is 5.92 Å². The average molecular weight is 201 g/mol. The lowest BCUT2D eigenvalue weighted by atomic mass is 9.81. The summed E-state index contributed by atoms with van der Waals surface area (Å²) in [6.07, 6.45) is 7.58. The standard InChI is InChI=1S/C11H17F2N/c1-2-3-4-10(14)9-5-7-11(12,13)8-6-9/h1,9-10H,3-8,14H2. The summed E-state index contributed by atoms with van der Waals surface area (Å²) in [5.74, 6) is 0.309. The second-order valence-corrected chi connectivity index (χ2v) is 4.10. The lowest BCUT2D eigenvalue weighted by molar-refractivity contribution is -0.0483. The van der Waals surface area contributed by atoms with Crippen LogP contribution in [0.3, 0.4) is 0 Å². The van der Waals surface area contributed by atoms with Crippen LogP contribution in [0.2, 0.25) is 0 Å². The highest BCUT2D eigenvalue weighted by atomic mass is 19.3. The molecule has 0 spiro atoms. The molecule has 1 saturated carbocycles. The molecule has 0 aromatic heterocycles. The van der Waals surface area contributed by atoms with Crippen molar-refractivity contribution in [3.05, 3.63) is 0 Å². The van der Waals surface area contributed by atoms with E-state index in [0.29, 0.717) is 19.3 Å². The van der Waals surface area contributed by atoms with Gasteiger partial charge < -0.3 is 5.73 Å². The number of alkyl halides is 2. The molecule has 14 heavy (non-hydrogen) atoms. The largest absolute Gasteiger partial charge is 0.327 e. The van der Waals surface area contributed by atoms with E-state index in [-0.39, 0.29) is 24.8 Å². The summed E-state index contributed by atoms with van der Waals surface area (Å²) < 4.78 is 25.6. The molecule has 1 aliphatic rings. The molecule has 2 N–H and O–H groups in total. The topological polar surface area (TPSA) is 26.0 Å². The molecule has 1 nitrogen and oxygen atoms in total. The fraction of sp³-hybridized carbons (Fsp3) is 0.818. The SMILES string of the molecule is C#CCCC(N)C1CCC(F)(F)CC1. The van der Waals surface area contributed by atoms with Crippen LogP contribution in [0.1, 0.15) is 38.5 Å². The quantitative estimate of drug-likeness (QED) is 0.698. The molecule has 0 saturated heterocycles. The second kappa shape index (κ2) is 4.75. The van der Waals surface area contributed by atoms with Gasteiger partial charge in [-0.15, -0.1) is 12.3 Å². The summed E-state index contributed by atoms with van der Waals surface area (Å²) >= 11 is 0. The normalized spacial score (nSPS) is 24.1. The molecule has 0 heterocycles. The molecule has 0 aromatic carbocycles. The van der Waals surface area contributed by atoms with E-state index >= 15 is 0 Å². The van der Waals surface area contributed by atoms with Gasteiger partial charge in [-0.3, -0.25) is 0 Å². The molecule has 80 valence electrons. The molecule has 0 aliphatic heterocycles. The Morgan fingerprint density at radius 3 is 2.50 bits per heavy atom. The highest BCUT2D eigenvalue weighted by Gasteiger charge is 2.36. The Bertz CT molecular complexity index is 210. The highest BCUT2D eigenvalue weighted by molar-refractivity contribution is 4.88. The van der Waals surface area contributed by atoms with E-state index in [9.17, 15) is 8.78 Å². The van der Waals surface area contributed by atoms with E-state index in [1.165, 1.54) is 0 Å². The molecule has 1 unspecified atom stereocenters. The lowest BCUT2D eigenvalue weighted by Gasteiger charge is -2.31. The molecule has 0 amide bonds. The first-order chi connectivity index (χ1) is 6.55. The number of hydrogen-bond donors (Lipinski definition) is 1. The van der Waals surface area contributed by atoms with Crippen molar-refractivity contribution >= 4 is 0 Å². The Kier molecular flexibility index (Phi) is 3.88. The van der Waals surface area contributed by atoms with E-state index in [1.807, 2.05) is 0 Å². The first-order valence-corrected chi connectivity index (χ1v) is 5.12. The summed E-state index contributed by atoms with van der Waals surface area (Å²) in [6.45, 7) is 0. The van der Waals surface area contributed by atoms with Gasteiger partial charge in [0.2, 0.25) is 5.92 Å². The predicted molar refractivity (Wildman–Crippen MR) is 52.9 cm³/mol. The number of nitrogens with two attached hydrogens (primary N) is 1. The first kappa shape index (κ1) is 11.5. The molecule has 1 atom stereocenters. The third-order valence-electron chi connectivity index (χ3n) is 2.99. The van der Waals surface area contributed by atoms with Gasteiger partial charge in [0.25, 0.3) is 0 Å². The number of halogens is 2. The smallest absolute Gasteiger partial charge is 0.248 e. The Hall–Kier alpha value is -0.620.